The highest BCUT2D eigenvalue weighted by molar-refractivity contribution is 7.99. The van der Waals surface area contributed by atoms with Crippen molar-refractivity contribution in [2.45, 2.75) is 42.0 Å². The van der Waals surface area contributed by atoms with Crippen molar-refractivity contribution < 1.29 is 23.1 Å². The second kappa shape index (κ2) is 9.23. The zero-order chi connectivity index (χ0) is 20.1. The van der Waals surface area contributed by atoms with E-state index >= 15 is 0 Å². The number of thioether (sulfide) groups is 1. The molecule has 10 heteroatoms. The molecule has 3 heterocycles. The number of piperidine rings is 2. The van der Waals surface area contributed by atoms with Crippen molar-refractivity contribution in [1.29, 1.82) is 0 Å². The number of hydrogen-bond acceptors (Lipinski definition) is 6. The molecule has 0 radical (unpaired) electrons. The van der Waals surface area contributed by atoms with Gasteiger partial charge in [-0.2, -0.15) is 4.31 Å². The number of aromatic nitrogens is 1. The first kappa shape index (κ1) is 21.1. The Morgan fingerprint density at radius 3 is 2.36 bits per heavy atom. The van der Waals surface area contributed by atoms with Gasteiger partial charge in [0.1, 0.15) is 4.90 Å². The van der Waals surface area contributed by atoms with Gasteiger partial charge in [-0.3, -0.25) is 9.59 Å². The van der Waals surface area contributed by atoms with Gasteiger partial charge in [-0.1, -0.05) is 18.2 Å². The van der Waals surface area contributed by atoms with Gasteiger partial charge in [-0.05, 0) is 37.8 Å². The van der Waals surface area contributed by atoms with E-state index in [2.05, 4.69) is 4.98 Å². The van der Waals surface area contributed by atoms with E-state index in [0.29, 0.717) is 44.0 Å². The van der Waals surface area contributed by atoms with Crippen LogP contribution >= 0.6 is 11.8 Å². The first-order valence-corrected chi connectivity index (χ1v) is 11.9. The number of likely N-dealkylation sites (tertiary alicyclic amines) is 1. The highest BCUT2D eigenvalue weighted by Crippen LogP contribution is 2.23. The molecule has 2 saturated heterocycles. The molecule has 3 rings (SSSR count). The third-order valence-corrected chi connectivity index (χ3v) is 8.01. The minimum Gasteiger partial charge on any atom is -0.481 e. The molecule has 0 aliphatic carbocycles. The monoisotopic (exact) mass is 427 g/mol. The fraction of sp³-hybridized carbons (Fsp3) is 0.611. The maximum absolute atomic E-state index is 12.6. The molecule has 0 aromatic carbocycles. The zero-order valence-electron chi connectivity index (χ0n) is 15.6. The molecule has 2 aliphatic rings. The number of nitrogens with zero attached hydrogens (tertiary/aromatic N) is 3. The number of carboxylic acids is 1. The van der Waals surface area contributed by atoms with Gasteiger partial charge in [0.15, 0.2) is 0 Å². The topological polar surface area (TPSA) is 108 Å². The Bertz CT molecular complexity index is 799. The van der Waals surface area contributed by atoms with Crippen molar-refractivity contribution in [2.24, 2.45) is 5.92 Å². The molecule has 1 aromatic heterocycles. The number of carbonyl (C=O) groups excluding carboxylic acids is 1. The lowest BCUT2D eigenvalue weighted by atomic mass is 9.97. The Morgan fingerprint density at radius 2 is 1.79 bits per heavy atom. The molecule has 2 fully saturated rings. The summed E-state index contributed by atoms with van der Waals surface area (Å²) >= 11 is 1.26. The first-order chi connectivity index (χ1) is 13.4. The summed E-state index contributed by atoms with van der Waals surface area (Å²) < 4.78 is 26.7. The van der Waals surface area contributed by atoms with Gasteiger partial charge >= 0.3 is 5.97 Å². The number of pyridine rings is 1. The molecule has 0 unspecified atom stereocenters. The molecule has 1 N–H and O–H groups in total. The highest BCUT2D eigenvalue weighted by atomic mass is 32.2. The summed E-state index contributed by atoms with van der Waals surface area (Å²) in [6.07, 6.45) is 5.13. The van der Waals surface area contributed by atoms with E-state index in [9.17, 15) is 18.0 Å². The van der Waals surface area contributed by atoms with Crippen LogP contribution in [0.5, 0.6) is 0 Å². The Balaban J connectivity index is 1.52. The van der Waals surface area contributed by atoms with Crippen LogP contribution in [0.2, 0.25) is 0 Å². The van der Waals surface area contributed by atoms with Crippen LogP contribution in [0.15, 0.2) is 28.3 Å². The van der Waals surface area contributed by atoms with Crippen LogP contribution in [0.4, 0.5) is 0 Å². The second-order valence-corrected chi connectivity index (χ2v) is 10.0. The first-order valence-electron chi connectivity index (χ1n) is 9.47. The predicted octanol–water partition coefficient (Wildman–Crippen LogP) is 1.67. The lowest BCUT2D eigenvalue weighted by Gasteiger charge is -2.30. The summed E-state index contributed by atoms with van der Waals surface area (Å²) in [5.41, 5.74) is 0. The normalized spacial score (nSPS) is 19.5. The van der Waals surface area contributed by atoms with Crippen LogP contribution in [0.3, 0.4) is 0 Å². The number of aliphatic carboxylic acids is 1. The van der Waals surface area contributed by atoms with Crippen LogP contribution in [0.25, 0.3) is 0 Å². The van der Waals surface area contributed by atoms with Gasteiger partial charge in [0.2, 0.25) is 15.9 Å². The summed E-state index contributed by atoms with van der Waals surface area (Å²) in [4.78, 5) is 29.4. The third kappa shape index (κ3) is 5.03. The Kier molecular flexibility index (Phi) is 6.95. The maximum Gasteiger partial charge on any atom is 0.306 e. The average Bonchev–Trinajstić information content (AvgIpc) is 2.73. The fourth-order valence-electron chi connectivity index (χ4n) is 3.46. The molecule has 28 heavy (non-hydrogen) atoms. The molecular weight excluding hydrogens is 402 g/mol. The van der Waals surface area contributed by atoms with Crippen LogP contribution in [-0.2, 0) is 19.6 Å². The number of hydrogen-bond donors (Lipinski definition) is 1. The van der Waals surface area contributed by atoms with E-state index in [4.69, 9.17) is 5.11 Å². The maximum atomic E-state index is 12.6. The summed E-state index contributed by atoms with van der Waals surface area (Å²) in [5.74, 6) is -1.03. The van der Waals surface area contributed by atoms with Crippen molar-refractivity contribution in [3.8, 4) is 0 Å². The molecule has 1 amide bonds. The Labute approximate surface area is 169 Å². The fourth-order valence-corrected chi connectivity index (χ4v) is 5.67. The quantitative estimate of drug-likeness (QED) is 0.688. The van der Waals surface area contributed by atoms with Gasteiger partial charge < -0.3 is 10.0 Å². The van der Waals surface area contributed by atoms with Crippen LogP contribution < -0.4 is 0 Å². The van der Waals surface area contributed by atoms with Gasteiger partial charge in [0, 0.05) is 32.4 Å². The van der Waals surface area contributed by atoms with Crippen LogP contribution in [-0.4, -0.2) is 71.5 Å². The summed E-state index contributed by atoms with van der Waals surface area (Å²) in [6, 6.07) is 3.17. The molecule has 0 saturated carbocycles. The summed E-state index contributed by atoms with van der Waals surface area (Å²) in [5, 5.41) is 9.61. The second-order valence-electron chi connectivity index (χ2n) is 7.08. The number of sulfonamides is 1. The number of carboxylic acid groups (broad SMARTS) is 1. The van der Waals surface area contributed by atoms with E-state index in [-0.39, 0.29) is 22.5 Å². The highest BCUT2D eigenvalue weighted by Gasteiger charge is 2.28. The average molecular weight is 428 g/mol. The van der Waals surface area contributed by atoms with Gasteiger partial charge in [0.25, 0.3) is 0 Å². The third-order valence-electron chi connectivity index (χ3n) is 5.20. The van der Waals surface area contributed by atoms with Crippen molar-refractivity contribution in [3.63, 3.8) is 0 Å². The largest absolute Gasteiger partial charge is 0.481 e. The van der Waals surface area contributed by atoms with E-state index in [0.717, 1.165) is 19.3 Å². The minimum absolute atomic E-state index is 0.0550. The van der Waals surface area contributed by atoms with Gasteiger partial charge in [-0.15, -0.1) is 0 Å². The van der Waals surface area contributed by atoms with E-state index in [1.165, 1.54) is 22.3 Å². The summed E-state index contributed by atoms with van der Waals surface area (Å²) in [7, 11) is -3.50. The zero-order valence-corrected chi connectivity index (χ0v) is 17.3. The molecular formula is C18H25N3O5S2. The SMILES string of the molecule is O=C(O)C1CCN(C(=O)CSc2ccc(S(=O)(=O)N3CCCCC3)cn2)CC1. The predicted molar refractivity (Wildman–Crippen MR) is 105 cm³/mol. The van der Waals surface area contributed by atoms with E-state index in [1.807, 2.05) is 0 Å². The van der Waals surface area contributed by atoms with Crippen LogP contribution in [0.1, 0.15) is 32.1 Å². The minimum atomic E-state index is -3.50. The van der Waals surface area contributed by atoms with Crippen LogP contribution in [0, 0.1) is 5.92 Å². The van der Waals surface area contributed by atoms with Crippen molar-refractivity contribution >= 4 is 33.7 Å². The van der Waals surface area contributed by atoms with Crippen molar-refractivity contribution in [1.82, 2.24) is 14.2 Å². The lowest BCUT2D eigenvalue weighted by molar-refractivity contribution is -0.145. The summed E-state index contributed by atoms with van der Waals surface area (Å²) in [6.45, 7) is 2.01. The number of rotatable bonds is 6. The smallest absolute Gasteiger partial charge is 0.306 e. The molecule has 2 aliphatic heterocycles. The standard InChI is InChI=1S/C18H25N3O5S2/c22-17(20-10-6-14(7-11-20)18(23)24)13-27-16-5-4-15(12-19-16)28(25,26)21-8-2-1-3-9-21/h4-5,12,14H,1-3,6-11,13H2,(H,23,24). The lowest BCUT2D eigenvalue weighted by Crippen LogP contribution is -2.41. The van der Waals surface area contributed by atoms with E-state index < -0.39 is 16.0 Å². The molecule has 8 nitrogen and oxygen atoms in total. The van der Waals surface area contributed by atoms with E-state index in [1.54, 1.807) is 17.0 Å². The molecule has 1 aromatic rings. The Hall–Kier alpha value is -1.65. The number of amides is 1. The number of carbonyl (C=O) groups is 2. The molecule has 0 bridgehead atoms. The van der Waals surface area contributed by atoms with Crippen molar-refractivity contribution in [3.05, 3.63) is 18.3 Å². The molecule has 0 atom stereocenters. The Morgan fingerprint density at radius 1 is 1.11 bits per heavy atom. The van der Waals surface area contributed by atoms with Crippen molar-refractivity contribution in [2.75, 3.05) is 31.9 Å². The molecule has 154 valence electrons. The van der Waals surface area contributed by atoms with Gasteiger partial charge in [-0.25, -0.2) is 13.4 Å². The van der Waals surface area contributed by atoms with Gasteiger partial charge in [0.05, 0.1) is 16.7 Å². The molecule has 0 spiro atoms.